The van der Waals surface area contributed by atoms with E-state index in [1.165, 1.54) is 0 Å². The van der Waals surface area contributed by atoms with Gasteiger partial charge in [0.05, 0.1) is 26.4 Å². The van der Waals surface area contributed by atoms with Gasteiger partial charge < -0.3 is 52.1 Å². The molecule has 0 saturated heterocycles. The fourth-order valence-electron chi connectivity index (χ4n) is 4.93. The maximum absolute atomic E-state index is 13.1. The first-order valence-corrected chi connectivity index (χ1v) is 18.2. The number of unbranched alkanes of at least 4 members (excludes halogenated alkanes) is 7. The summed E-state index contributed by atoms with van der Waals surface area (Å²) in [5, 5.41) is 8.40. The van der Waals surface area contributed by atoms with Crippen molar-refractivity contribution >= 4 is 29.8 Å². The van der Waals surface area contributed by atoms with Crippen LogP contribution in [-0.2, 0) is 44.7 Å². The van der Waals surface area contributed by atoms with Crippen LogP contribution in [0, 0.1) is 0 Å². The highest BCUT2D eigenvalue weighted by Crippen LogP contribution is 2.14. The Hall–Kier alpha value is -3.79. The normalized spacial score (nSPS) is 11.1. The number of nitrogens with two attached hydrogens (primary N) is 3. The Kier molecular flexibility index (Phi) is 26.5. The van der Waals surface area contributed by atoms with Gasteiger partial charge in [0.25, 0.3) is 0 Å². The van der Waals surface area contributed by atoms with Crippen LogP contribution < -0.4 is 33.2 Å². The molecule has 0 fully saturated rings. The molecule has 15 heteroatoms. The topological polar surface area (TPSA) is 236 Å². The lowest BCUT2D eigenvalue weighted by atomic mass is 10.0. The maximum Gasteiger partial charge on any atom is 0.404 e. The second-order valence-corrected chi connectivity index (χ2v) is 12.5. The quantitative estimate of drug-likeness (QED) is 0.0466. The summed E-state index contributed by atoms with van der Waals surface area (Å²) in [5.41, 5.74) is 15.8. The van der Waals surface area contributed by atoms with E-state index in [0.29, 0.717) is 58.5 Å². The minimum Gasteiger partial charge on any atom is -0.461 e. The third kappa shape index (κ3) is 25.8. The van der Waals surface area contributed by atoms with Crippen LogP contribution in [0.3, 0.4) is 0 Å². The van der Waals surface area contributed by atoms with Crippen molar-refractivity contribution in [3.63, 3.8) is 0 Å². The van der Waals surface area contributed by atoms with Crippen LogP contribution in [0.1, 0.15) is 95.5 Å². The summed E-state index contributed by atoms with van der Waals surface area (Å²) in [7, 11) is 0. The van der Waals surface area contributed by atoms with E-state index in [2.05, 4.69) is 16.0 Å². The molecule has 0 aliphatic carbocycles. The zero-order valence-electron chi connectivity index (χ0n) is 30.3. The molecule has 0 heterocycles. The SMILES string of the molecule is NCCCNC(=O)CCOCC(COCCC(=O)NCCCN)(COC(N)=O)NC(=O)CCCCCCCCCCC(=O)OCc1ccccc1. The molecule has 0 aromatic heterocycles. The molecule has 290 valence electrons. The molecule has 0 aliphatic heterocycles. The van der Waals surface area contributed by atoms with Crippen molar-refractivity contribution in [2.24, 2.45) is 17.2 Å². The molecular weight excluding hydrogens is 660 g/mol. The maximum atomic E-state index is 13.1. The summed E-state index contributed by atoms with van der Waals surface area (Å²) in [5.74, 6) is -0.873. The van der Waals surface area contributed by atoms with Crippen LogP contribution in [0.25, 0.3) is 0 Å². The molecule has 1 aromatic carbocycles. The van der Waals surface area contributed by atoms with Crippen molar-refractivity contribution in [2.45, 2.75) is 102 Å². The number of hydrogen-bond donors (Lipinski definition) is 6. The van der Waals surface area contributed by atoms with Gasteiger partial charge in [0, 0.05) is 38.8 Å². The zero-order valence-corrected chi connectivity index (χ0v) is 30.3. The highest BCUT2D eigenvalue weighted by atomic mass is 16.6. The van der Waals surface area contributed by atoms with Crippen molar-refractivity contribution in [3.05, 3.63) is 35.9 Å². The van der Waals surface area contributed by atoms with Crippen molar-refractivity contribution in [1.29, 1.82) is 0 Å². The minimum atomic E-state index is -1.30. The van der Waals surface area contributed by atoms with E-state index < -0.39 is 11.6 Å². The van der Waals surface area contributed by atoms with Gasteiger partial charge in [-0.3, -0.25) is 19.2 Å². The van der Waals surface area contributed by atoms with E-state index in [0.717, 1.165) is 50.5 Å². The molecule has 0 unspecified atom stereocenters. The van der Waals surface area contributed by atoms with Gasteiger partial charge in [0.2, 0.25) is 17.7 Å². The Balaban J connectivity index is 2.49. The van der Waals surface area contributed by atoms with Crippen LogP contribution in [0.15, 0.2) is 30.3 Å². The largest absolute Gasteiger partial charge is 0.461 e. The highest BCUT2D eigenvalue weighted by molar-refractivity contribution is 5.77. The Labute approximate surface area is 302 Å². The molecule has 4 amide bonds. The molecule has 0 radical (unpaired) electrons. The molecule has 0 bridgehead atoms. The Morgan fingerprint density at radius 1 is 0.588 bits per heavy atom. The van der Waals surface area contributed by atoms with Crippen LogP contribution >= 0.6 is 0 Å². The van der Waals surface area contributed by atoms with Crippen molar-refractivity contribution in [1.82, 2.24) is 16.0 Å². The molecule has 1 rings (SSSR count). The molecule has 15 nitrogen and oxygen atoms in total. The highest BCUT2D eigenvalue weighted by Gasteiger charge is 2.35. The Bertz CT molecular complexity index is 1080. The number of esters is 1. The summed E-state index contributed by atoms with van der Waals surface area (Å²) in [6.45, 7) is 1.65. The number of ether oxygens (including phenoxy) is 4. The number of primary amides is 1. The molecule has 0 saturated carbocycles. The van der Waals surface area contributed by atoms with E-state index >= 15 is 0 Å². The third-order valence-corrected chi connectivity index (χ3v) is 7.78. The number of carbonyl (C=O) groups is 5. The van der Waals surface area contributed by atoms with Crippen LogP contribution in [0.5, 0.6) is 0 Å². The van der Waals surface area contributed by atoms with Crippen LogP contribution in [0.2, 0.25) is 0 Å². The number of amides is 4. The number of hydrogen-bond acceptors (Lipinski definition) is 11. The van der Waals surface area contributed by atoms with E-state index in [1.807, 2.05) is 30.3 Å². The fourth-order valence-corrected chi connectivity index (χ4v) is 4.93. The summed E-state index contributed by atoms with van der Waals surface area (Å²) in [4.78, 5) is 60.7. The Morgan fingerprint density at radius 3 is 1.61 bits per heavy atom. The first kappa shape index (κ1) is 45.2. The predicted octanol–water partition coefficient (Wildman–Crippen LogP) is 2.32. The van der Waals surface area contributed by atoms with Gasteiger partial charge in [-0.05, 0) is 44.3 Å². The fraction of sp³-hybridized carbons (Fsp3) is 0.694. The third-order valence-electron chi connectivity index (χ3n) is 7.78. The number of rotatable bonds is 32. The van der Waals surface area contributed by atoms with E-state index in [1.54, 1.807) is 0 Å². The summed E-state index contributed by atoms with van der Waals surface area (Å²) in [6, 6.07) is 9.61. The standard InChI is InChI=1S/C36H62N6O9/c37-20-12-22-40-31(43)18-24-48-27-36(29-51-35(39)47,28-49-25-19-32(44)41-23-13-21-38)42-33(45)16-10-5-3-1-2-4-6-11-17-34(46)50-26-30-14-8-7-9-15-30/h7-9,14-15H,1-6,10-13,16-29,37-38H2,(H2,39,47)(H,40,43)(H,41,44)(H,42,45). The van der Waals surface area contributed by atoms with Gasteiger partial charge >= 0.3 is 12.1 Å². The van der Waals surface area contributed by atoms with Crippen molar-refractivity contribution in [3.8, 4) is 0 Å². The van der Waals surface area contributed by atoms with E-state index in [-0.39, 0.29) is 76.0 Å². The first-order valence-electron chi connectivity index (χ1n) is 18.2. The molecule has 51 heavy (non-hydrogen) atoms. The molecule has 1 aromatic rings. The smallest absolute Gasteiger partial charge is 0.404 e. The molecular formula is C36H62N6O9. The number of nitrogens with one attached hydrogen (secondary N) is 3. The number of carbonyl (C=O) groups excluding carboxylic acids is 5. The lowest BCUT2D eigenvalue weighted by Gasteiger charge is -2.33. The van der Waals surface area contributed by atoms with Crippen molar-refractivity contribution < 1.29 is 42.9 Å². The molecule has 9 N–H and O–H groups in total. The number of benzene rings is 1. The second kappa shape index (κ2) is 29.9. The van der Waals surface area contributed by atoms with Gasteiger partial charge in [-0.25, -0.2) is 4.79 Å². The van der Waals surface area contributed by atoms with Gasteiger partial charge in [-0.1, -0.05) is 68.9 Å². The molecule has 0 spiro atoms. The predicted molar refractivity (Wildman–Crippen MR) is 193 cm³/mol. The lowest BCUT2D eigenvalue weighted by molar-refractivity contribution is -0.145. The van der Waals surface area contributed by atoms with Gasteiger partial charge in [0.1, 0.15) is 18.8 Å². The average molecular weight is 723 g/mol. The zero-order chi connectivity index (χ0) is 37.4. The van der Waals surface area contributed by atoms with Gasteiger partial charge in [-0.2, -0.15) is 0 Å². The average Bonchev–Trinajstić information content (AvgIpc) is 3.11. The van der Waals surface area contributed by atoms with Crippen molar-refractivity contribution in [2.75, 3.05) is 59.2 Å². The van der Waals surface area contributed by atoms with Gasteiger partial charge in [-0.15, -0.1) is 0 Å². The van der Waals surface area contributed by atoms with Crippen LogP contribution in [-0.4, -0.2) is 94.5 Å². The summed E-state index contributed by atoms with van der Waals surface area (Å²) >= 11 is 0. The monoisotopic (exact) mass is 722 g/mol. The molecule has 0 aliphatic rings. The van der Waals surface area contributed by atoms with E-state index in [9.17, 15) is 24.0 Å². The molecule has 0 atom stereocenters. The lowest BCUT2D eigenvalue weighted by Crippen LogP contribution is -2.59. The summed E-state index contributed by atoms with van der Waals surface area (Å²) < 4.78 is 21.9. The second-order valence-electron chi connectivity index (χ2n) is 12.5. The van der Waals surface area contributed by atoms with E-state index in [4.69, 9.17) is 36.1 Å². The summed E-state index contributed by atoms with van der Waals surface area (Å²) in [6.07, 6.45) is 8.42. The van der Waals surface area contributed by atoms with Crippen LogP contribution in [0.4, 0.5) is 4.79 Å². The Morgan fingerprint density at radius 2 is 1.10 bits per heavy atom. The van der Waals surface area contributed by atoms with Gasteiger partial charge in [0.15, 0.2) is 0 Å². The minimum absolute atomic E-state index is 0.0462. The first-order chi connectivity index (χ1) is 24.7.